The molecule has 5 atom stereocenters. The van der Waals surface area contributed by atoms with Gasteiger partial charge in [0.1, 0.15) is 12.2 Å². The molecule has 0 aromatic heterocycles. The number of hydrogen-bond donors (Lipinski definition) is 1. The number of hydrogen-bond acceptors (Lipinski definition) is 4. The van der Waals surface area contributed by atoms with Crippen molar-refractivity contribution in [3.05, 3.63) is 35.9 Å². The van der Waals surface area contributed by atoms with Gasteiger partial charge < -0.3 is 19.3 Å². The molecule has 1 aliphatic heterocycles. The molecule has 1 saturated heterocycles. The van der Waals surface area contributed by atoms with E-state index >= 15 is 0 Å². The quantitative estimate of drug-likeness (QED) is 0.933. The molecule has 0 spiro atoms. The Labute approximate surface area is 132 Å². The van der Waals surface area contributed by atoms with Crippen molar-refractivity contribution in [2.75, 3.05) is 0 Å². The monoisotopic (exact) mass is 306 g/mol. The summed E-state index contributed by atoms with van der Waals surface area (Å²) in [7, 11) is 0. The van der Waals surface area contributed by atoms with E-state index in [0.29, 0.717) is 0 Å². The Bertz CT molecular complexity index is 525. The number of fused-ring (bicyclic) bond motifs is 1. The average molecular weight is 306 g/mol. The Hall–Kier alpha value is -0.940. The molecule has 1 aromatic rings. The Balaban J connectivity index is 1.82. The van der Waals surface area contributed by atoms with Crippen molar-refractivity contribution in [1.82, 2.24) is 0 Å². The molecule has 4 heteroatoms. The molecule has 1 heterocycles. The molecule has 1 aromatic carbocycles. The van der Waals surface area contributed by atoms with E-state index in [1.165, 1.54) is 0 Å². The van der Waals surface area contributed by atoms with Gasteiger partial charge in [0.05, 0.1) is 17.8 Å². The first-order chi connectivity index (χ1) is 10.2. The minimum absolute atomic E-state index is 0.0333. The number of aliphatic hydroxyl groups is 1. The van der Waals surface area contributed by atoms with Gasteiger partial charge in [-0.05, 0) is 33.3 Å². The first-order valence-electron chi connectivity index (χ1n) is 7.98. The van der Waals surface area contributed by atoms with Crippen LogP contribution in [-0.4, -0.2) is 35.3 Å². The minimum atomic E-state index is -0.672. The van der Waals surface area contributed by atoms with Gasteiger partial charge in [-0.25, -0.2) is 0 Å². The van der Waals surface area contributed by atoms with E-state index in [2.05, 4.69) is 26.0 Å². The van der Waals surface area contributed by atoms with E-state index in [0.717, 1.165) is 5.56 Å². The third-order valence-corrected chi connectivity index (χ3v) is 4.78. The third-order valence-electron chi connectivity index (χ3n) is 4.78. The molecular weight excluding hydrogens is 280 g/mol. The van der Waals surface area contributed by atoms with Crippen LogP contribution < -0.4 is 0 Å². The van der Waals surface area contributed by atoms with Gasteiger partial charge in [-0.1, -0.05) is 37.3 Å². The zero-order chi connectivity index (χ0) is 16.1. The summed E-state index contributed by atoms with van der Waals surface area (Å²) in [6, 6.07) is 10.1. The van der Waals surface area contributed by atoms with Crippen molar-refractivity contribution in [3.8, 4) is 0 Å². The lowest BCUT2D eigenvalue weighted by molar-refractivity contribution is -0.199. The Kier molecular flexibility index (Phi) is 3.84. The molecule has 2 fully saturated rings. The fourth-order valence-corrected chi connectivity index (χ4v) is 3.55. The molecular formula is C18H26O4. The molecule has 1 N–H and O–H groups in total. The molecule has 4 nitrogen and oxygen atoms in total. The van der Waals surface area contributed by atoms with Crippen LogP contribution in [0.1, 0.15) is 40.2 Å². The largest absolute Gasteiger partial charge is 0.390 e. The SMILES string of the molecule is CC1C(O)C2OC(C)(C)OC2C1OC(C)(C)c1ccccc1. The van der Waals surface area contributed by atoms with Gasteiger partial charge >= 0.3 is 0 Å². The Morgan fingerprint density at radius 1 is 1.09 bits per heavy atom. The van der Waals surface area contributed by atoms with Gasteiger partial charge in [0.25, 0.3) is 0 Å². The molecule has 2 aliphatic rings. The first-order valence-corrected chi connectivity index (χ1v) is 7.98. The first kappa shape index (κ1) is 15.9. The highest BCUT2D eigenvalue weighted by Crippen LogP contribution is 2.44. The van der Waals surface area contributed by atoms with Crippen LogP contribution in [0, 0.1) is 5.92 Å². The molecule has 1 aliphatic carbocycles. The van der Waals surface area contributed by atoms with E-state index in [-0.39, 0.29) is 24.2 Å². The van der Waals surface area contributed by atoms with E-state index in [4.69, 9.17) is 14.2 Å². The topological polar surface area (TPSA) is 47.9 Å². The van der Waals surface area contributed by atoms with Gasteiger partial charge in [0.2, 0.25) is 0 Å². The van der Waals surface area contributed by atoms with Crippen LogP contribution in [0.15, 0.2) is 30.3 Å². The standard InChI is InChI=1S/C18H26O4/c1-11-13(19)15-16(22-18(4,5)21-15)14(11)20-17(2,3)12-9-7-6-8-10-12/h6-11,13-16,19H,1-5H3. The average Bonchev–Trinajstić information content (AvgIpc) is 2.88. The maximum Gasteiger partial charge on any atom is 0.164 e. The Morgan fingerprint density at radius 2 is 1.68 bits per heavy atom. The van der Waals surface area contributed by atoms with E-state index in [9.17, 15) is 5.11 Å². The van der Waals surface area contributed by atoms with Crippen molar-refractivity contribution in [3.63, 3.8) is 0 Å². The summed E-state index contributed by atoms with van der Waals surface area (Å²) >= 11 is 0. The molecule has 1 saturated carbocycles. The minimum Gasteiger partial charge on any atom is -0.390 e. The predicted molar refractivity (Wildman–Crippen MR) is 83.3 cm³/mol. The van der Waals surface area contributed by atoms with Gasteiger partial charge in [-0.2, -0.15) is 0 Å². The zero-order valence-electron chi connectivity index (χ0n) is 13.9. The van der Waals surface area contributed by atoms with Crippen LogP contribution in [0.5, 0.6) is 0 Å². The molecule has 22 heavy (non-hydrogen) atoms. The summed E-state index contributed by atoms with van der Waals surface area (Å²) in [6.45, 7) is 9.85. The molecule has 0 radical (unpaired) electrons. The maximum atomic E-state index is 10.5. The van der Waals surface area contributed by atoms with Gasteiger partial charge in [-0.15, -0.1) is 0 Å². The van der Waals surface area contributed by atoms with Gasteiger partial charge in [0.15, 0.2) is 5.79 Å². The maximum absolute atomic E-state index is 10.5. The van der Waals surface area contributed by atoms with E-state index in [1.807, 2.05) is 39.0 Å². The lowest BCUT2D eigenvalue weighted by Gasteiger charge is -2.34. The second kappa shape index (κ2) is 5.31. The van der Waals surface area contributed by atoms with Crippen molar-refractivity contribution < 1.29 is 19.3 Å². The van der Waals surface area contributed by atoms with Crippen LogP contribution in [-0.2, 0) is 19.8 Å². The molecule has 0 amide bonds. The van der Waals surface area contributed by atoms with Crippen molar-refractivity contribution in [1.29, 1.82) is 0 Å². The molecule has 5 unspecified atom stereocenters. The summed E-state index contributed by atoms with van der Waals surface area (Å²) in [4.78, 5) is 0. The second-order valence-electron chi connectivity index (χ2n) is 7.37. The fourth-order valence-electron chi connectivity index (χ4n) is 3.55. The third kappa shape index (κ3) is 2.69. The van der Waals surface area contributed by atoms with Crippen LogP contribution >= 0.6 is 0 Å². The number of rotatable bonds is 3. The highest BCUT2D eigenvalue weighted by molar-refractivity contribution is 5.21. The highest BCUT2D eigenvalue weighted by atomic mass is 16.8. The van der Waals surface area contributed by atoms with E-state index < -0.39 is 17.5 Å². The van der Waals surface area contributed by atoms with Gasteiger partial charge in [-0.3, -0.25) is 0 Å². The highest BCUT2D eigenvalue weighted by Gasteiger charge is 2.58. The lowest BCUT2D eigenvalue weighted by atomic mass is 9.96. The van der Waals surface area contributed by atoms with Crippen LogP contribution in [0.3, 0.4) is 0 Å². The molecule has 122 valence electrons. The second-order valence-corrected chi connectivity index (χ2v) is 7.37. The Morgan fingerprint density at radius 3 is 2.32 bits per heavy atom. The van der Waals surface area contributed by atoms with Crippen LogP contribution in [0.2, 0.25) is 0 Å². The number of aliphatic hydroxyl groups excluding tert-OH is 1. The molecule has 0 bridgehead atoms. The van der Waals surface area contributed by atoms with Crippen molar-refractivity contribution in [2.45, 2.75) is 70.4 Å². The summed E-state index contributed by atoms with van der Waals surface area (Å²) in [5.41, 5.74) is 0.656. The van der Waals surface area contributed by atoms with Crippen LogP contribution in [0.4, 0.5) is 0 Å². The number of ether oxygens (including phenoxy) is 3. The lowest BCUT2D eigenvalue weighted by Crippen LogP contribution is -2.39. The summed E-state index contributed by atoms with van der Waals surface area (Å²) in [5, 5.41) is 10.5. The van der Waals surface area contributed by atoms with Crippen molar-refractivity contribution in [2.24, 2.45) is 5.92 Å². The predicted octanol–water partition coefficient (Wildman–Crippen LogP) is 2.84. The smallest absolute Gasteiger partial charge is 0.164 e. The number of benzene rings is 1. The normalized spacial score (nSPS) is 37.3. The fraction of sp³-hybridized carbons (Fsp3) is 0.667. The summed E-state index contributed by atoms with van der Waals surface area (Å²) < 4.78 is 18.3. The molecule has 3 rings (SSSR count). The van der Waals surface area contributed by atoms with Gasteiger partial charge in [0, 0.05) is 5.92 Å². The summed E-state index contributed by atoms with van der Waals surface area (Å²) in [5.74, 6) is -0.705. The van der Waals surface area contributed by atoms with Crippen molar-refractivity contribution >= 4 is 0 Å². The summed E-state index contributed by atoms with van der Waals surface area (Å²) in [6.07, 6.45) is -1.31. The van der Waals surface area contributed by atoms with E-state index in [1.54, 1.807) is 0 Å². The van der Waals surface area contributed by atoms with Crippen LogP contribution in [0.25, 0.3) is 0 Å². The zero-order valence-corrected chi connectivity index (χ0v) is 13.9.